The SMILES string of the molecule is O=c1c(O)c(O)c(OCc2ccccc2)c(C(O)C(F)(F)F)n1O. The van der Waals surface area contributed by atoms with E-state index in [1.165, 1.54) is 0 Å². The van der Waals surface area contributed by atoms with Crippen molar-refractivity contribution in [2.24, 2.45) is 0 Å². The Morgan fingerprint density at radius 1 is 1.12 bits per heavy atom. The van der Waals surface area contributed by atoms with E-state index in [2.05, 4.69) is 0 Å². The van der Waals surface area contributed by atoms with Crippen LogP contribution in [0.1, 0.15) is 17.4 Å². The largest absolute Gasteiger partial charge is 0.502 e. The summed E-state index contributed by atoms with van der Waals surface area (Å²) in [5.74, 6) is -3.80. The van der Waals surface area contributed by atoms with Gasteiger partial charge in [-0.15, -0.1) is 4.73 Å². The minimum atomic E-state index is -5.26. The smallest absolute Gasteiger partial charge is 0.420 e. The number of aliphatic hydroxyl groups is 1. The fourth-order valence-electron chi connectivity index (χ4n) is 1.90. The zero-order chi connectivity index (χ0) is 18.1. The van der Waals surface area contributed by atoms with Crippen molar-refractivity contribution in [3.63, 3.8) is 0 Å². The molecule has 0 radical (unpaired) electrons. The second-order valence-corrected chi connectivity index (χ2v) is 4.75. The van der Waals surface area contributed by atoms with E-state index >= 15 is 0 Å². The van der Waals surface area contributed by atoms with Crippen LogP contribution in [0, 0.1) is 0 Å². The number of alkyl halides is 3. The number of aromatic hydroxyl groups is 2. The topological polar surface area (TPSA) is 112 Å². The van der Waals surface area contributed by atoms with E-state index in [0.717, 1.165) is 0 Å². The minimum absolute atomic E-state index is 0.358. The van der Waals surface area contributed by atoms with Gasteiger partial charge in [-0.2, -0.15) is 13.2 Å². The molecule has 7 nitrogen and oxygen atoms in total. The molecule has 0 fully saturated rings. The number of ether oxygens (including phenoxy) is 1. The molecule has 0 aliphatic heterocycles. The van der Waals surface area contributed by atoms with E-state index in [1.54, 1.807) is 30.3 Å². The van der Waals surface area contributed by atoms with Gasteiger partial charge in [-0.05, 0) is 5.56 Å². The van der Waals surface area contributed by atoms with Crippen LogP contribution in [0.3, 0.4) is 0 Å². The van der Waals surface area contributed by atoms with Crippen LogP contribution in [0.25, 0.3) is 0 Å². The van der Waals surface area contributed by atoms with Crippen LogP contribution in [0.2, 0.25) is 0 Å². The first kappa shape index (κ1) is 17.5. The first-order valence-electron chi connectivity index (χ1n) is 6.46. The zero-order valence-corrected chi connectivity index (χ0v) is 11.9. The zero-order valence-electron chi connectivity index (χ0n) is 11.9. The van der Waals surface area contributed by atoms with Gasteiger partial charge in [0.2, 0.25) is 11.5 Å². The lowest BCUT2D eigenvalue weighted by Gasteiger charge is -2.21. The Kier molecular flexibility index (Phi) is 4.60. The number of aromatic nitrogens is 1. The summed E-state index contributed by atoms with van der Waals surface area (Å²) in [6.07, 6.45) is -8.59. The first-order valence-corrected chi connectivity index (χ1v) is 6.46. The van der Waals surface area contributed by atoms with Gasteiger partial charge in [0.05, 0.1) is 0 Å². The van der Waals surface area contributed by atoms with E-state index in [9.17, 15) is 38.5 Å². The Morgan fingerprint density at radius 3 is 2.25 bits per heavy atom. The van der Waals surface area contributed by atoms with Crippen molar-refractivity contribution in [3.05, 3.63) is 51.9 Å². The number of hydrogen-bond donors (Lipinski definition) is 4. The Bertz CT molecular complexity index is 788. The number of nitrogens with zero attached hydrogens (tertiary/aromatic N) is 1. The first-order chi connectivity index (χ1) is 11.1. The lowest BCUT2D eigenvalue weighted by atomic mass is 10.1. The van der Waals surface area contributed by atoms with E-state index in [-0.39, 0.29) is 6.61 Å². The molecule has 0 bridgehead atoms. The van der Waals surface area contributed by atoms with Crippen molar-refractivity contribution in [1.29, 1.82) is 0 Å². The van der Waals surface area contributed by atoms with Gasteiger partial charge in [0.1, 0.15) is 12.3 Å². The molecular formula is C14H12F3NO6. The van der Waals surface area contributed by atoms with Gasteiger partial charge >= 0.3 is 11.7 Å². The summed E-state index contributed by atoms with van der Waals surface area (Å²) in [5.41, 5.74) is -2.70. The van der Waals surface area contributed by atoms with Crippen LogP contribution in [0.15, 0.2) is 35.1 Å². The van der Waals surface area contributed by atoms with Crippen molar-refractivity contribution in [3.8, 4) is 17.2 Å². The molecule has 1 heterocycles. The molecule has 0 saturated heterocycles. The molecule has 0 spiro atoms. The fraction of sp³-hybridized carbons (Fsp3) is 0.214. The monoisotopic (exact) mass is 347 g/mol. The highest BCUT2D eigenvalue weighted by atomic mass is 19.4. The van der Waals surface area contributed by atoms with Crippen LogP contribution in [0.5, 0.6) is 17.2 Å². The molecule has 2 rings (SSSR count). The predicted octanol–water partition coefficient (Wildman–Crippen LogP) is 1.67. The van der Waals surface area contributed by atoms with Crippen molar-refractivity contribution < 1.29 is 38.4 Å². The van der Waals surface area contributed by atoms with Crippen LogP contribution in [-0.4, -0.2) is 31.4 Å². The average molecular weight is 347 g/mol. The summed E-state index contributed by atoms with van der Waals surface area (Å²) in [7, 11) is 0. The average Bonchev–Trinajstić information content (AvgIpc) is 2.54. The third-order valence-electron chi connectivity index (χ3n) is 3.09. The molecular weight excluding hydrogens is 335 g/mol. The summed E-state index contributed by atoms with van der Waals surface area (Å²) in [4.78, 5) is 11.4. The summed E-state index contributed by atoms with van der Waals surface area (Å²) in [5, 5.41) is 37.9. The van der Waals surface area contributed by atoms with Crippen LogP contribution in [-0.2, 0) is 6.61 Å². The Morgan fingerprint density at radius 2 is 1.71 bits per heavy atom. The highest BCUT2D eigenvalue weighted by Crippen LogP contribution is 2.43. The molecule has 0 saturated carbocycles. The van der Waals surface area contributed by atoms with E-state index in [1.807, 2.05) is 0 Å². The van der Waals surface area contributed by atoms with Gasteiger partial charge in [0.15, 0.2) is 11.9 Å². The standard InChI is InChI=1S/C14H12F3NO6/c15-14(16,17)12(21)8-11(9(19)10(20)13(22)18(8)23)24-6-7-4-2-1-3-5-7/h1-5,12,19-21,23H,6H2. The van der Waals surface area contributed by atoms with Crippen molar-refractivity contribution >= 4 is 0 Å². The molecule has 0 aliphatic rings. The van der Waals surface area contributed by atoms with Gasteiger partial charge in [-0.3, -0.25) is 4.79 Å². The van der Waals surface area contributed by atoms with Crippen molar-refractivity contribution in [2.75, 3.05) is 0 Å². The van der Waals surface area contributed by atoms with Gasteiger partial charge in [-0.25, -0.2) is 0 Å². The maximum Gasteiger partial charge on any atom is 0.420 e. The minimum Gasteiger partial charge on any atom is -0.502 e. The second kappa shape index (κ2) is 6.32. The highest BCUT2D eigenvalue weighted by Gasteiger charge is 2.45. The number of aliphatic hydroxyl groups excluding tert-OH is 1. The second-order valence-electron chi connectivity index (χ2n) is 4.75. The van der Waals surface area contributed by atoms with Crippen molar-refractivity contribution in [2.45, 2.75) is 18.9 Å². The fourth-order valence-corrected chi connectivity index (χ4v) is 1.90. The van der Waals surface area contributed by atoms with Crippen LogP contribution >= 0.6 is 0 Å². The molecule has 4 N–H and O–H groups in total. The number of halogens is 3. The summed E-state index contributed by atoms with van der Waals surface area (Å²) in [6, 6.07) is 8.04. The number of pyridine rings is 1. The molecule has 10 heteroatoms. The summed E-state index contributed by atoms with van der Waals surface area (Å²) < 4.78 is 42.6. The maximum atomic E-state index is 12.7. The molecule has 2 aromatic rings. The van der Waals surface area contributed by atoms with Gasteiger partial charge < -0.3 is 25.3 Å². The summed E-state index contributed by atoms with van der Waals surface area (Å²) >= 11 is 0. The van der Waals surface area contributed by atoms with Gasteiger partial charge in [-0.1, -0.05) is 30.3 Å². The summed E-state index contributed by atoms with van der Waals surface area (Å²) in [6.45, 7) is -0.358. The van der Waals surface area contributed by atoms with E-state index < -0.39 is 45.5 Å². The van der Waals surface area contributed by atoms with Gasteiger partial charge in [0.25, 0.3) is 0 Å². The van der Waals surface area contributed by atoms with E-state index in [4.69, 9.17) is 4.74 Å². The maximum absolute atomic E-state index is 12.7. The number of hydrogen-bond acceptors (Lipinski definition) is 6. The molecule has 24 heavy (non-hydrogen) atoms. The molecule has 1 aromatic heterocycles. The lowest BCUT2D eigenvalue weighted by Crippen LogP contribution is -2.30. The van der Waals surface area contributed by atoms with Crippen LogP contribution < -0.4 is 10.3 Å². The van der Waals surface area contributed by atoms with Gasteiger partial charge in [0, 0.05) is 0 Å². The lowest BCUT2D eigenvalue weighted by molar-refractivity contribution is -0.211. The molecule has 0 amide bonds. The van der Waals surface area contributed by atoms with E-state index in [0.29, 0.717) is 5.56 Å². The van der Waals surface area contributed by atoms with Crippen LogP contribution in [0.4, 0.5) is 13.2 Å². The Labute approximate surface area is 132 Å². The third-order valence-corrected chi connectivity index (χ3v) is 3.09. The third kappa shape index (κ3) is 3.23. The number of benzene rings is 1. The number of rotatable bonds is 4. The van der Waals surface area contributed by atoms with Crippen molar-refractivity contribution in [1.82, 2.24) is 4.73 Å². The highest BCUT2D eigenvalue weighted by molar-refractivity contribution is 5.51. The molecule has 1 aromatic carbocycles. The molecule has 1 atom stereocenters. The Balaban J connectivity index is 2.54. The predicted molar refractivity (Wildman–Crippen MR) is 73.0 cm³/mol. The normalized spacial score (nSPS) is 12.8. The quantitative estimate of drug-likeness (QED) is 0.626. The molecule has 0 aliphatic carbocycles. The molecule has 130 valence electrons. The molecule has 1 unspecified atom stereocenters. The Hall–Kier alpha value is -2.88.